The Labute approximate surface area is 133 Å². The van der Waals surface area contributed by atoms with Crippen molar-refractivity contribution >= 4 is 12.1 Å². The Hall–Kier alpha value is -2.90. The number of rotatable bonds is 7. The third-order valence-electron chi connectivity index (χ3n) is 3.10. The van der Waals surface area contributed by atoms with Crippen molar-refractivity contribution in [1.29, 1.82) is 0 Å². The standard InChI is InChI=1S/C15H18N4O4/c1-22-14(20)13(7-8-19-11-16-10-17-19)18-15(21)23-9-12-5-3-2-4-6-12/h2-6,10-11,13H,7-9H2,1H3,(H,18,21). The Morgan fingerprint density at radius 2 is 2.09 bits per heavy atom. The van der Waals surface area contributed by atoms with E-state index in [0.29, 0.717) is 13.0 Å². The molecule has 0 saturated carbocycles. The van der Waals surface area contributed by atoms with E-state index in [-0.39, 0.29) is 6.61 Å². The lowest BCUT2D eigenvalue weighted by Gasteiger charge is -2.16. The number of ether oxygens (including phenoxy) is 2. The molecule has 0 radical (unpaired) electrons. The van der Waals surface area contributed by atoms with E-state index in [9.17, 15) is 9.59 Å². The zero-order chi connectivity index (χ0) is 16.5. The molecule has 8 nitrogen and oxygen atoms in total. The van der Waals surface area contributed by atoms with E-state index < -0.39 is 18.1 Å². The molecule has 122 valence electrons. The van der Waals surface area contributed by atoms with E-state index in [1.807, 2.05) is 30.3 Å². The smallest absolute Gasteiger partial charge is 0.408 e. The molecule has 1 atom stereocenters. The number of benzene rings is 1. The van der Waals surface area contributed by atoms with Crippen molar-refractivity contribution in [3.63, 3.8) is 0 Å². The summed E-state index contributed by atoms with van der Waals surface area (Å²) in [5.74, 6) is -0.540. The van der Waals surface area contributed by atoms with Crippen LogP contribution in [0.25, 0.3) is 0 Å². The van der Waals surface area contributed by atoms with Gasteiger partial charge >= 0.3 is 12.1 Å². The summed E-state index contributed by atoms with van der Waals surface area (Å²) >= 11 is 0. The zero-order valence-electron chi connectivity index (χ0n) is 12.7. The van der Waals surface area contributed by atoms with Crippen LogP contribution >= 0.6 is 0 Å². The lowest BCUT2D eigenvalue weighted by molar-refractivity contribution is -0.143. The molecule has 2 aromatic rings. The van der Waals surface area contributed by atoms with E-state index in [1.165, 1.54) is 19.8 Å². The van der Waals surface area contributed by atoms with Gasteiger partial charge < -0.3 is 14.8 Å². The molecule has 8 heteroatoms. The Morgan fingerprint density at radius 1 is 1.30 bits per heavy atom. The number of esters is 1. The van der Waals surface area contributed by atoms with E-state index in [0.717, 1.165) is 5.56 Å². The highest BCUT2D eigenvalue weighted by Gasteiger charge is 2.22. The number of aromatic nitrogens is 3. The average molecular weight is 318 g/mol. The lowest BCUT2D eigenvalue weighted by Crippen LogP contribution is -2.42. The topological polar surface area (TPSA) is 95.3 Å². The van der Waals surface area contributed by atoms with Gasteiger partial charge in [-0.1, -0.05) is 30.3 Å². The highest BCUT2D eigenvalue weighted by Crippen LogP contribution is 2.03. The second kappa shape index (κ2) is 8.52. The number of amides is 1. The van der Waals surface area contributed by atoms with Crippen LogP contribution in [0, 0.1) is 0 Å². The second-order valence-corrected chi connectivity index (χ2v) is 4.73. The molecule has 1 aromatic carbocycles. The first-order chi connectivity index (χ1) is 11.2. The maximum atomic E-state index is 11.8. The summed E-state index contributed by atoms with van der Waals surface area (Å²) in [6.07, 6.45) is 2.57. The van der Waals surface area contributed by atoms with Crippen LogP contribution in [0.5, 0.6) is 0 Å². The van der Waals surface area contributed by atoms with Crippen molar-refractivity contribution in [3.8, 4) is 0 Å². The third kappa shape index (κ3) is 5.42. The number of methoxy groups -OCH3 is 1. The molecule has 1 heterocycles. The molecule has 0 aliphatic heterocycles. The van der Waals surface area contributed by atoms with Crippen LogP contribution in [0.1, 0.15) is 12.0 Å². The number of hydrogen-bond donors (Lipinski definition) is 1. The molecule has 1 aromatic heterocycles. The number of nitrogens with one attached hydrogen (secondary N) is 1. The van der Waals surface area contributed by atoms with Crippen LogP contribution in [0.2, 0.25) is 0 Å². The number of carbonyl (C=O) groups excluding carboxylic acids is 2. The molecule has 0 saturated heterocycles. The van der Waals surface area contributed by atoms with Gasteiger partial charge in [-0.25, -0.2) is 14.6 Å². The Bertz CT molecular complexity index is 616. The Kier molecular flexibility index (Phi) is 6.10. The summed E-state index contributed by atoms with van der Waals surface area (Å²) in [6.45, 7) is 0.544. The van der Waals surface area contributed by atoms with Gasteiger partial charge in [0.25, 0.3) is 0 Å². The minimum Gasteiger partial charge on any atom is -0.467 e. The molecule has 0 aliphatic rings. The van der Waals surface area contributed by atoms with Crippen molar-refractivity contribution in [2.24, 2.45) is 0 Å². The third-order valence-corrected chi connectivity index (χ3v) is 3.10. The van der Waals surface area contributed by atoms with Crippen LogP contribution in [0.3, 0.4) is 0 Å². The molecule has 2 rings (SSSR count). The van der Waals surface area contributed by atoms with Gasteiger partial charge in [-0.3, -0.25) is 4.68 Å². The molecule has 23 heavy (non-hydrogen) atoms. The number of carbonyl (C=O) groups is 2. The molecule has 1 unspecified atom stereocenters. The number of hydrogen-bond acceptors (Lipinski definition) is 6. The molecule has 0 fully saturated rings. The van der Waals surface area contributed by atoms with Gasteiger partial charge in [-0.2, -0.15) is 5.10 Å². The van der Waals surface area contributed by atoms with Crippen molar-refractivity contribution in [3.05, 3.63) is 48.5 Å². The number of aryl methyl sites for hydroxylation is 1. The van der Waals surface area contributed by atoms with Crippen molar-refractivity contribution in [1.82, 2.24) is 20.1 Å². The minimum absolute atomic E-state index is 0.129. The Balaban J connectivity index is 1.83. The Morgan fingerprint density at radius 3 is 2.74 bits per heavy atom. The van der Waals surface area contributed by atoms with Gasteiger partial charge in [0.2, 0.25) is 0 Å². The zero-order valence-corrected chi connectivity index (χ0v) is 12.7. The first-order valence-corrected chi connectivity index (χ1v) is 7.06. The van der Waals surface area contributed by atoms with Gasteiger partial charge in [-0.15, -0.1) is 0 Å². The van der Waals surface area contributed by atoms with E-state index in [2.05, 4.69) is 15.4 Å². The van der Waals surface area contributed by atoms with E-state index in [1.54, 1.807) is 4.68 Å². The minimum atomic E-state index is -0.813. The normalized spacial score (nSPS) is 11.5. The van der Waals surface area contributed by atoms with Gasteiger partial charge in [0.1, 0.15) is 25.3 Å². The van der Waals surface area contributed by atoms with Gasteiger partial charge in [0.15, 0.2) is 0 Å². The predicted octanol–water partition coefficient (Wildman–Crippen LogP) is 1.14. The maximum absolute atomic E-state index is 11.8. The molecule has 1 N–H and O–H groups in total. The first-order valence-electron chi connectivity index (χ1n) is 7.06. The van der Waals surface area contributed by atoms with Crippen LogP contribution in [0.4, 0.5) is 4.79 Å². The van der Waals surface area contributed by atoms with Crippen molar-refractivity contribution < 1.29 is 19.1 Å². The van der Waals surface area contributed by atoms with Crippen LogP contribution < -0.4 is 5.32 Å². The van der Waals surface area contributed by atoms with Crippen LogP contribution in [0.15, 0.2) is 43.0 Å². The van der Waals surface area contributed by atoms with Crippen LogP contribution in [-0.2, 0) is 27.4 Å². The van der Waals surface area contributed by atoms with E-state index in [4.69, 9.17) is 9.47 Å². The molecule has 0 bridgehead atoms. The van der Waals surface area contributed by atoms with Gasteiger partial charge in [0.05, 0.1) is 7.11 Å². The first kappa shape index (κ1) is 16.5. The maximum Gasteiger partial charge on any atom is 0.408 e. The van der Waals surface area contributed by atoms with Crippen LogP contribution in [-0.4, -0.2) is 40.0 Å². The van der Waals surface area contributed by atoms with Crippen molar-refractivity contribution in [2.75, 3.05) is 7.11 Å². The molecule has 1 amide bonds. The summed E-state index contributed by atoms with van der Waals surface area (Å²) < 4.78 is 11.4. The quantitative estimate of drug-likeness (QED) is 0.769. The summed E-state index contributed by atoms with van der Waals surface area (Å²) in [4.78, 5) is 27.4. The molecule has 0 aliphatic carbocycles. The highest BCUT2D eigenvalue weighted by atomic mass is 16.6. The fourth-order valence-corrected chi connectivity index (χ4v) is 1.91. The fraction of sp³-hybridized carbons (Fsp3) is 0.333. The summed E-state index contributed by atoms with van der Waals surface area (Å²) in [6, 6.07) is 8.46. The number of alkyl carbamates (subject to hydrolysis) is 1. The van der Waals surface area contributed by atoms with E-state index >= 15 is 0 Å². The predicted molar refractivity (Wildman–Crippen MR) is 80.2 cm³/mol. The molecular formula is C15H18N4O4. The summed E-state index contributed by atoms with van der Waals surface area (Å²) in [5, 5.41) is 6.44. The SMILES string of the molecule is COC(=O)C(CCn1cncn1)NC(=O)OCc1ccccc1. The average Bonchev–Trinajstić information content (AvgIpc) is 3.10. The number of nitrogens with zero attached hydrogens (tertiary/aromatic N) is 3. The highest BCUT2D eigenvalue weighted by molar-refractivity contribution is 5.81. The largest absolute Gasteiger partial charge is 0.467 e. The summed E-state index contributed by atoms with van der Waals surface area (Å²) in [5.41, 5.74) is 0.861. The lowest BCUT2D eigenvalue weighted by atomic mass is 10.2. The molecular weight excluding hydrogens is 300 g/mol. The van der Waals surface area contributed by atoms with Gasteiger partial charge in [0, 0.05) is 6.54 Å². The second-order valence-electron chi connectivity index (χ2n) is 4.73. The fourth-order valence-electron chi connectivity index (χ4n) is 1.91. The summed E-state index contributed by atoms with van der Waals surface area (Å²) in [7, 11) is 1.27. The van der Waals surface area contributed by atoms with Crippen molar-refractivity contribution in [2.45, 2.75) is 25.6 Å². The molecule has 0 spiro atoms. The monoisotopic (exact) mass is 318 g/mol. The van der Waals surface area contributed by atoms with Gasteiger partial charge in [-0.05, 0) is 12.0 Å².